The van der Waals surface area contributed by atoms with E-state index in [0.29, 0.717) is 0 Å². The SMILES string of the molecule is COC1=C(C)C(C)C(C)(OC)C=C1C(CCCO)c1ccccc1. The van der Waals surface area contributed by atoms with Gasteiger partial charge >= 0.3 is 0 Å². The molecule has 0 fully saturated rings. The topological polar surface area (TPSA) is 38.7 Å². The maximum atomic E-state index is 9.34. The Morgan fingerprint density at radius 2 is 1.88 bits per heavy atom. The molecule has 0 aromatic heterocycles. The normalized spacial score (nSPS) is 25.4. The van der Waals surface area contributed by atoms with Gasteiger partial charge in [-0.2, -0.15) is 0 Å². The van der Waals surface area contributed by atoms with Crippen molar-refractivity contribution in [3.8, 4) is 0 Å². The summed E-state index contributed by atoms with van der Waals surface area (Å²) in [6, 6.07) is 10.4. The van der Waals surface area contributed by atoms with Crippen molar-refractivity contribution < 1.29 is 14.6 Å². The molecule has 1 aromatic rings. The molecule has 24 heavy (non-hydrogen) atoms. The summed E-state index contributed by atoms with van der Waals surface area (Å²) in [4.78, 5) is 0. The molecule has 0 radical (unpaired) electrons. The first-order chi connectivity index (χ1) is 11.5. The summed E-state index contributed by atoms with van der Waals surface area (Å²) >= 11 is 0. The number of aliphatic hydroxyl groups is 1. The third-order valence-corrected chi connectivity index (χ3v) is 5.44. The Morgan fingerprint density at radius 3 is 2.42 bits per heavy atom. The fraction of sp³-hybridized carbons (Fsp3) is 0.524. The second-order valence-corrected chi connectivity index (χ2v) is 6.75. The third-order valence-electron chi connectivity index (χ3n) is 5.44. The number of ether oxygens (including phenoxy) is 2. The van der Waals surface area contributed by atoms with Crippen LogP contribution in [0.2, 0.25) is 0 Å². The van der Waals surface area contributed by atoms with E-state index in [4.69, 9.17) is 9.47 Å². The molecule has 0 amide bonds. The molecule has 0 bridgehead atoms. The van der Waals surface area contributed by atoms with Crippen molar-refractivity contribution in [1.82, 2.24) is 0 Å². The molecule has 0 spiro atoms. The highest BCUT2D eigenvalue weighted by Crippen LogP contribution is 2.44. The Hall–Kier alpha value is -1.58. The van der Waals surface area contributed by atoms with Gasteiger partial charge in [-0.25, -0.2) is 0 Å². The minimum atomic E-state index is -0.353. The van der Waals surface area contributed by atoms with Crippen molar-refractivity contribution >= 4 is 0 Å². The number of benzene rings is 1. The van der Waals surface area contributed by atoms with Gasteiger partial charge < -0.3 is 14.6 Å². The molecule has 0 saturated carbocycles. The summed E-state index contributed by atoms with van der Waals surface area (Å²) < 4.78 is 11.7. The number of hydrogen-bond donors (Lipinski definition) is 1. The molecule has 1 N–H and O–H groups in total. The van der Waals surface area contributed by atoms with Crippen LogP contribution in [0.3, 0.4) is 0 Å². The molecule has 1 aliphatic rings. The first-order valence-electron chi connectivity index (χ1n) is 8.67. The van der Waals surface area contributed by atoms with Crippen molar-refractivity contribution in [3.63, 3.8) is 0 Å². The van der Waals surface area contributed by atoms with Gasteiger partial charge in [-0.1, -0.05) is 37.3 Å². The Morgan fingerprint density at radius 1 is 1.21 bits per heavy atom. The monoisotopic (exact) mass is 330 g/mol. The van der Waals surface area contributed by atoms with E-state index in [2.05, 4.69) is 51.1 Å². The van der Waals surface area contributed by atoms with Gasteiger partial charge in [0.2, 0.25) is 0 Å². The molecule has 3 atom stereocenters. The highest BCUT2D eigenvalue weighted by atomic mass is 16.5. The first kappa shape index (κ1) is 18.8. The zero-order valence-corrected chi connectivity index (χ0v) is 15.5. The lowest BCUT2D eigenvalue weighted by molar-refractivity contribution is 0.0101. The lowest BCUT2D eigenvalue weighted by Gasteiger charge is -2.40. The predicted octanol–water partition coefficient (Wildman–Crippen LogP) is 4.44. The van der Waals surface area contributed by atoms with Crippen molar-refractivity contribution in [2.75, 3.05) is 20.8 Å². The van der Waals surface area contributed by atoms with Crippen LogP contribution in [-0.2, 0) is 9.47 Å². The maximum absolute atomic E-state index is 9.34. The molecule has 2 rings (SSSR count). The lowest BCUT2D eigenvalue weighted by atomic mass is 9.73. The van der Waals surface area contributed by atoms with Crippen LogP contribution in [0.1, 0.15) is 45.1 Å². The summed E-state index contributed by atoms with van der Waals surface area (Å²) in [7, 11) is 3.50. The van der Waals surface area contributed by atoms with Gasteiger partial charge in [0.1, 0.15) is 5.76 Å². The van der Waals surface area contributed by atoms with Gasteiger partial charge in [-0.15, -0.1) is 0 Å². The van der Waals surface area contributed by atoms with Crippen LogP contribution in [0.4, 0.5) is 0 Å². The highest BCUT2D eigenvalue weighted by Gasteiger charge is 2.39. The van der Waals surface area contributed by atoms with Gasteiger partial charge in [0, 0.05) is 31.1 Å². The minimum absolute atomic E-state index is 0.185. The summed E-state index contributed by atoms with van der Waals surface area (Å²) in [6.07, 6.45) is 3.85. The standard InChI is InChI=1S/C21H30O3/c1-15-16(2)21(3,24-5)14-19(20(15)23-4)18(12-9-13-22)17-10-7-6-8-11-17/h6-8,10-11,14,16,18,22H,9,12-13H2,1-5H3. The van der Waals surface area contributed by atoms with E-state index in [9.17, 15) is 5.11 Å². The molecule has 0 aliphatic heterocycles. The average Bonchev–Trinajstić information content (AvgIpc) is 2.61. The molecule has 1 aliphatic carbocycles. The summed E-state index contributed by atoms with van der Waals surface area (Å²) in [5, 5.41) is 9.34. The molecule has 132 valence electrons. The van der Waals surface area contributed by atoms with Crippen LogP contribution in [-0.4, -0.2) is 31.5 Å². The van der Waals surface area contributed by atoms with E-state index in [0.717, 1.165) is 24.2 Å². The van der Waals surface area contributed by atoms with E-state index < -0.39 is 0 Å². The molecule has 0 heterocycles. The fourth-order valence-corrected chi connectivity index (χ4v) is 3.61. The summed E-state index contributed by atoms with van der Waals surface area (Å²) in [5.41, 5.74) is 3.27. The molecule has 3 heteroatoms. The molecule has 3 nitrogen and oxygen atoms in total. The van der Waals surface area contributed by atoms with Crippen LogP contribution in [0.5, 0.6) is 0 Å². The molecular formula is C21H30O3. The molecule has 1 aromatic carbocycles. The first-order valence-corrected chi connectivity index (χ1v) is 8.67. The van der Waals surface area contributed by atoms with Gasteiger partial charge in [-0.05, 0) is 43.9 Å². The quantitative estimate of drug-likeness (QED) is 0.803. The van der Waals surface area contributed by atoms with E-state index in [1.54, 1.807) is 14.2 Å². The molecule has 0 saturated heterocycles. The van der Waals surface area contributed by atoms with Crippen molar-refractivity contribution in [1.29, 1.82) is 0 Å². The summed E-state index contributed by atoms with van der Waals surface area (Å²) in [6.45, 7) is 6.62. The van der Waals surface area contributed by atoms with Crippen molar-refractivity contribution in [2.24, 2.45) is 5.92 Å². The Bertz CT molecular complexity index is 603. The minimum Gasteiger partial charge on any atom is -0.497 e. The largest absolute Gasteiger partial charge is 0.497 e. The fourth-order valence-electron chi connectivity index (χ4n) is 3.61. The van der Waals surface area contributed by atoms with Gasteiger partial charge in [0.15, 0.2) is 0 Å². The number of rotatable bonds is 7. The van der Waals surface area contributed by atoms with E-state index in [1.807, 2.05) is 6.07 Å². The molecular weight excluding hydrogens is 300 g/mol. The number of methoxy groups -OCH3 is 2. The van der Waals surface area contributed by atoms with Gasteiger partial charge in [-0.3, -0.25) is 0 Å². The zero-order chi connectivity index (χ0) is 17.7. The van der Waals surface area contributed by atoms with Gasteiger partial charge in [0.05, 0.1) is 12.7 Å². The Balaban J connectivity index is 2.54. The van der Waals surface area contributed by atoms with E-state index in [1.165, 1.54) is 11.1 Å². The van der Waals surface area contributed by atoms with Crippen LogP contribution < -0.4 is 0 Å². The highest BCUT2D eigenvalue weighted by molar-refractivity contribution is 5.46. The van der Waals surface area contributed by atoms with Crippen LogP contribution in [0.15, 0.2) is 53.3 Å². The number of allylic oxidation sites excluding steroid dienone is 1. The smallest absolute Gasteiger partial charge is 0.121 e. The Labute approximate surface area is 146 Å². The number of hydrogen-bond acceptors (Lipinski definition) is 3. The number of aliphatic hydroxyl groups excluding tert-OH is 1. The van der Waals surface area contributed by atoms with Crippen molar-refractivity contribution in [2.45, 2.75) is 45.1 Å². The van der Waals surface area contributed by atoms with Crippen LogP contribution in [0.25, 0.3) is 0 Å². The molecule has 3 unspecified atom stereocenters. The van der Waals surface area contributed by atoms with Gasteiger partial charge in [0.25, 0.3) is 0 Å². The average molecular weight is 330 g/mol. The maximum Gasteiger partial charge on any atom is 0.121 e. The Kier molecular flexibility index (Phi) is 6.25. The van der Waals surface area contributed by atoms with Crippen LogP contribution in [0, 0.1) is 5.92 Å². The summed E-state index contributed by atoms with van der Waals surface area (Å²) in [5.74, 6) is 1.39. The van der Waals surface area contributed by atoms with E-state index >= 15 is 0 Å². The van der Waals surface area contributed by atoms with E-state index in [-0.39, 0.29) is 24.0 Å². The second-order valence-electron chi connectivity index (χ2n) is 6.75. The van der Waals surface area contributed by atoms with Crippen molar-refractivity contribution in [3.05, 3.63) is 58.9 Å². The zero-order valence-electron chi connectivity index (χ0n) is 15.5. The van der Waals surface area contributed by atoms with Crippen LogP contribution >= 0.6 is 0 Å². The predicted molar refractivity (Wildman–Crippen MR) is 97.9 cm³/mol. The third kappa shape index (κ3) is 3.57. The lowest BCUT2D eigenvalue weighted by Crippen LogP contribution is -2.38. The second kappa shape index (κ2) is 8.00.